The predicted octanol–water partition coefficient (Wildman–Crippen LogP) is 1.45. The Hall–Kier alpha value is -2.06. The maximum Gasteiger partial charge on any atom is 0.435 e. The molecule has 2 bridgehead atoms. The second kappa shape index (κ2) is 5.24. The molecule has 2 fully saturated rings. The number of carboxylic acid groups (broad SMARTS) is 1. The summed E-state index contributed by atoms with van der Waals surface area (Å²) in [6.07, 6.45) is -2.96. The van der Waals surface area contributed by atoms with E-state index < -0.39 is 23.8 Å². The van der Waals surface area contributed by atoms with E-state index in [1.165, 1.54) is 7.05 Å². The average Bonchev–Trinajstić information content (AvgIpc) is 3.11. The summed E-state index contributed by atoms with van der Waals surface area (Å²) in [5, 5.41) is 12.6. The Labute approximate surface area is 129 Å². The van der Waals surface area contributed by atoms with Crippen molar-refractivity contribution in [3.63, 3.8) is 0 Å². The van der Waals surface area contributed by atoms with E-state index in [2.05, 4.69) is 5.10 Å². The minimum atomic E-state index is -4.56. The van der Waals surface area contributed by atoms with Crippen LogP contribution in [0.25, 0.3) is 0 Å². The van der Waals surface area contributed by atoms with Gasteiger partial charge in [0.1, 0.15) is 0 Å². The first-order chi connectivity index (χ1) is 10.7. The molecule has 0 spiro atoms. The average molecular weight is 331 g/mol. The van der Waals surface area contributed by atoms with E-state index in [1.807, 2.05) is 0 Å². The van der Waals surface area contributed by atoms with Crippen LogP contribution in [-0.2, 0) is 29.2 Å². The first kappa shape index (κ1) is 15.8. The number of amides is 1. The Balaban J connectivity index is 1.76. The number of carbonyl (C=O) groups excluding carboxylic acids is 1. The van der Waals surface area contributed by atoms with Gasteiger partial charge in [0.15, 0.2) is 5.69 Å². The summed E-state index contributed by atoms with van der Waals surface area (Å²) in [5.74, 6) is -1.83. The molecule has 0 radical (unpaired) electrons. The molecule has 2 aliphatic rings. The van der Waals surface area contributed by atoms with Crippen molar-refractivity contribution >= 4 is 11.9 Å². The molecule has 9 heteroatoms. The van der Waals surface area contributed by atoms with Gasteiger partial charge in [-0.15, -0.1) is 0 Å². The second-order valence-corrected chi connectivity index (χ2v) is 6.10. The summed E-state index contributed by atoms with van der Waals surface area (Å²) in [4.78, 5) is 25.2. The predicted molar refractivity (Wildman–Crippen MR) is 71.3 cm³/mol. The van der Waals surface area contributed by atoms with E-state index in [0.29, 0.717) is 12.8 Å². The molecule has 3 rings (SSSR count). The zero-order valence-corrected chi connectivity index (χ0v) is 12.4. The number of hydrogen-bond acceptors (Lipinski definition) is 3. The van der Waals surface area contributed by atoms with Crippen LogP contribution in [0.5, 0.6) is 0 Å². The van der Waals surface area contributed by atoms with Gasteiger partial charge in [0.05, 0.1) is 12.3 Å². The molecule has 0 saturated carbocycles. The number of hydrogen-bond donors (Lipinski definition) is 1. The summed E-state index contributed by atoms with van der Waals surface area (Å²) in [6, 6.07) is 0.397. The number of aliphatic carboxylic acids is 1. The lowest BCUT2D eigenvalue weighted by Crippen LogP contribution is -2.39. The van der Waals surface area contributed by atoms with E-state index in [4.69, 9.17) is 0 Å². The third-order valence-electron chi connectivity index (χ3n) is 4.74. The molecule has 1 N–H and O–H groups in total. The number of aromatic nitrogens is 2. The molecule has 0 aliphatic carbocycles. The quantitative estimate of drug-likeness (QED) is 0.909. The van der Waals surface area contributed by atoms with Crippen molar-refractivity contribution in [2.45, 2.75) is 43.9 Å². The monoisotopic (exact) mass is 331 g/mol. The van der Waals surface area contributed by atoms with Gasteiger partial charge in [0, 0.05) is 24.8 Å². The molecule has 3 atom stereocenters. The SMILES string of the molecule is Cn1nc(C(F)(F)F)cc1CC(=O)N1C2CCC1C(C(=O)O)C2. The number of carbonyl (C=O) groups is 2. The van der Waals surface area contributed by atoms with Crippen molar-refractivity contribution < 1.29 is 27.9 Å². The summed E-state index contributed by atoms with van der Waals surface area (Å²) < 4.78 is 39.0. The minimum Gasteiger partial charge on any atom is -0.481 e. The number of aryl methyl sites for hydroxylation is 1. The first-order valence-corrected chi connectivity index (χ1v) is 7.32. The van der Waals surface area contributed by atoms with Gasteiger partial charge in [0.2, 0.25) is 5.91 Å². The van der Waals surface area contributed by atoms with Crippen LogP contribution >= 0.6 is 0 Å². The van der Waals surface area contributed by atoms with Gasteiger partial charge in [-0.2, -0.15) is 18.3 Å². The number of rotatable bonds is 3. The molecule has 1 amide bonds. The molecule has 6 nitrogen and oxygen atoms in total. The number of halogens is 3. The van der Waals surface area contributed by atoms with Crippen molar-refractivity contribution in [3.05, 3.63) is 17.5 Å². The van der Waals surface area contributed by atoms with Crippen LogP contribution < -0.4 is 0 Å². The number of nitrogens with zero attached hydrogens (tertiary/aromatic N) is 3. The number of carboxylic acids is 1. The maximum absolute atomic E-state index is 12.7. The highest BCUT2D eigenvalue weighted by molar-refractivity contribution is 5.82. The lowest BCUT2D eigenvalue weighted by atomic mass is 9.89. The highest BCUT2D eigenvalue weighted by atomic mass is 19.4. The molecule has 3 unspecified atom stereocenters. The van der Waals surface area contributed by atoms with Crippen LogP contribution in [0.1, 0.15) is 30.7 Å². The standard InChI is InChI=1S/C14H16F3N3O3/c1-19-8(5-11(18-19)14(15,16)17)6-12(21)20-7-2-3-10(20)9(4-7)13(22)23/h5,7,9-10H,2-4,6H2,1H3,(H,22,23). The minimum absolute atomic E-state index is 0.121. The van der Waals surface area contributed by atoms with Crippen LogP contribution in [0.4, 0.5) is 13.2 Å². The van der Waals surface area contributed by atoms with E-state index in [9.17, 15) is 27.9 Å². The highest BCUT2D eigenvalue weighted by Crippen LogP contribution is 2.42. The van der Waals surface area contributed by atoms with E-state index >= 15 is 0 Å². The van der Waals surface area contributed by atoms with E-state index in [-0.39, 0.29) is 30.1 Å². The molecule has 23 heavy (non-hydrogen) atoms. The van der Waals surface area contributed by atoms with Gasteiger partial charge in [-0.1, -0.05) is 0 Å². The Morgan fingerprint density at radius 1 is 1.39 bits per heavy atom. The van der Waals surface area contributed by atoms with Crippen molar-refractivity contribution in [2.24, 2.45) is 13.0 Å². The fourth-order valence-corrected chi connectivity index (χ4v) is 3.70. The molecule has 0 aromatic carbocycles. The smallest absolute Gasteiger partial charge is 0.435 e. The van der Waals surface area contributed by atoms with Gasteiger partial charge in [0.25, 0.3) is 0 Å². The molecule has 2 aliphatic heterocycles. The lowest BCUT2D eigenvalue weighted by Gasteiger charge is -2.23. The van der Waals surface area contributed by atoms with E-state index in [0.717, 1.165) is 17.2 Å². The fourth-order valence-electron chi connectivity index (χ4n) is 3.70. The maximum atomic E-state index is 12.7. The van der Waals surface area contributed by atoms with Gasteiger partial charge < -0.3 is 10.0 Å². The Bertz CT molecular complexity index is 655. The first-order valence-electron chi connectivity index (χ1n) is 7.32. The summed E-state index contributed by atoms with van der Waals surface area (Å²) in [7, 11) is 1.36. The second-order valence-electron chi connectivity index (χ2n) is 6.10. The van der Waals surface area contributed by atoms with Crippen molar-refractivity contribution in [1.29, 1.82) is 0 Å². The molecule has 2 saturated heterocycles. The Kier molecular flexibility index (Phi) is 3.61. The van der Waals surface area contributed by atoms with E-state index in [1.54, 1.807) is 4.90 Å². The van der Waals surface area contributed by atoms with Crippen LogP contribution in [0, 0.1) is 5.92 Å². The third-order valence-corrected chi connectivity index (χ3v) is 4.74. The van der Waals surface area contributed by atoms with Gasteiger partial charge in [-0.05, 0) is 25.3 Å². The molecule has 1 aromatic rings. The van der Waals surface area contributed by atoms with Crippen LogP contribution in [0.2, 0.25) is 0 Å². The van der Waals surface area contributed by atoms with Crippen molar-refractivity contribution in [3.8, 4) is 0 Å². The fraction of sp³-hybridized carbons (Fsp3) is 0.643. The van der Waals surface area contributed by atoms with Crippen molar-refractivity contribution in [1.82, 2.24) is 14.7 Å². The third kappa shape index (κ3) is 2.68. The summed E-state index contributed by atoms with van der Waals surface area (Å²) >= 11 is 0. The van der Waals surface area contributed by atoms with Gasteiger partial charge >= 0.3 is 12.1 Å². The van der Waals surface area contributed by atoms with Crippen LogP contribution in [0.3, 0.4) is 0 Å². The summed E-state index contributed by atoms with van der Waals surface area (Å²) in [5.41, 5.74) is -0.865. The zero-order chi connectivity index (χ0) is 16.9. The molecular formula is C14H16F3N3O3. The zero-order valence-electron chi connectivity index (χ0n) is 12.4. The Morgan fingerprint density at radius 3 is 2.61 bits per heavy atom. The van der Waals surface area contributed by atoms with Gasteiger partial charge in [-0.3, -0.25) is 14.3 Å². The number of alkyl halides is 3. The molecule has 126 valence electrons. The van der Waals surface area contributed by atoms with Crippen LogP contribution in [0.15, 0.2) is 6.07 Å². The number of fused-ring (bicyclic) bond motifs is 2. The van der Waals surface area contributed by atoms with Gasteiger partial charge in [-0.25, -0.2) is 0 Å². The summed E-state index contributed by atoms with van der Waals surface area (Å²) in [6.45, 7) is 0. The highest BCUT2D eigenvalue weighted by Gasteiger charge is 2.51. The van der Waals surface area contributed by atoms with Crippen LogP contribution in [-0.4, -0.2) is 43.7 Å². The lowest BCUT2D eigenvalue weighted by molar-refractivity contribution is -0.143. The molecular weight excluding hydrogens is 315 g/mol. The molecule has 3 heterocycles. The van der Waals surface area contributed by atoms with Crippen molar-refractivity contribution in [2.75, 3.05) is 0 Å². The molecule has 1 aromatic heterocycles. The largest absolute Gasteiger partial charge is 0.481 e. The topological polar surface area (TPSA) is 75.4 Å². The Morgan fingerprint density at radius 2 is 2.09 bits per heavy atom. The normalized spacial score (nSPS) is 26.8.